The number of nitrogens with two attached hydrogens (primary N) is 1. The number of hydrogen-bond donors (Lipinski definition) is 1. The number of hydrogen-bond acceptors (Lipinski definition) is 4. The molecule has 0 saturated carbocycles. The molecule has 1 aliphatic heterocycles. The molecule has 1 aromatic heterocycles. The standard InChI is InChI=1S/C12H14ClF2N3O2/c13-9-4-7(5-17-10(9)16)11(19)18-3-1-2-8(6-18)20-12(14)15/h4-5,8,12H,1-3,6H2,(H2,16,17). The number of aromatic nitrogens is 1. The van der Waals surface area contributed by atoms with Crippen LogP contribution >= 0.6 is 11.6 Å². The molecule has 5 nitrogen and oxygen atoms in total. The van der Waals surface area contributed by atoms with Crippen LogP contribution in [0.3, 0.4) is 0 Å². The zero-order valence-corrected chi connectivity index (χ0v) is 11.3. The first-order valence-corrected chi connectivity index (χ1v) is 6.49. The van der Waals surface area contributed by atoms with Gasteiger partial charge in [0.1, 0.15) is 5.82 Å². The van der Waals surface area contributed by atoms with E-state index in [1.54, 1.807) is 0 Å². The Labute approximate surface area is 119 Å². The number of nitrogen functional groups attached to an aromatic ring is 1. The average molecular weight is 306 g/mol. The lowest BCUT2D eigenvalue weighted by atomic mass is 10.1. The molecule has 1 atom stereocenters. The quantitative estimate of drug-likeness (QED) is 0.929. The Kier molecular flexibility index (Phi) is 4.72. The van der Waals surface area contributed by atoms with Crippen LogP contribution in [-0.2, 0) is 4.74 Å². The van der Waals surface area contributed by atoms with Crippen molar-refractivity contribution in [1.82, 2.24) is 9.88 Å². The number of amides is 1. The molecular weight excluding hydrogens is 292 g/mol. The second-order valence-corrected chi connectivity index (χ2v) is 4.91. The van der Waals surface area contributed by atoms with E-state index in [2.05, 4.69) is 9.72 Å². The average Bonchev–Trinajstić information content (AvgIpc) is 2.40. The van der Waals surface area contributed by atoms with Gasteiger partial charge in [-0.3, -0.25) is 4.79 Å². The van der Waals surface area contributed by atoms with Gasteiger partial charge in [0.05, 0.1) is 16.7 Å². The molecule has 0 aliphatic carbocycles. The highest BCUT2D eigenvalue weighted by molar-refractivity contribution is 6.33. The smallest absolute Gasteiger partial charge is 0.345 e. The fourth-order valence-electron chi connectivity index (χ4n) is 2.13. The maximum Gasteiger partial charge on any atom is 0.345 e. The normalized spacial score (nSPS) is 19.4. The maximum atomic E-state index is 12.2. The minimum atomic E-state index is -2.83. The zero-order chi connectivity index (χ0) is 14.7. The predicted octanol–water partition coefficient (Wildman–Crippen LogP) is 2.16. The Hall–Kier alpha value is -1.47. The number of nitrogens with zero attached hydrogens (tertiary/aromatic N) is 2. The second-order valence-electron chi connectivity index (χ2n) is 4.50. The van der Waals surface area contributed by atoms with Gasteiger partial charge in [-0.2, -0.15) is 8.78 Å². The van der Waals surface area contributed by atoms with Gasteiger partial charge in [-0.15, -0.1) is 0 Å². The molecule has 2 N–H and O–H groups in total. The topological polar surface area (TPSA) is 68.5 Å². The molecule has 1 saturated heterocycles. The molecule has 1 aliphatic rings. The lowest BCUT2D eigenvalue weighted by Gasteiger charge is -2.32. The van der Waals surface area contributed by atoms with E-state index in [1.165, 1.54) is 17.2 Å². The van der Waals surface area contributed by atoms with Crippen LogP contribution in [0.1, 0.15) is 23.2 Å². The number of halogens is 3. The van der Waals surface area contributed by atoms with Crippen molar-refractivity contribution in [3.8, 4) is 0 Å². The molecule has 1 fully saturated rings. The summed E-state index contributed by atoms with van der Waals surface area (Å²) in [6.45, 7) is -2.21. The van der Waals surface area contributed by atoms with Gasteiger partial charge in [0.2, 0.25) is 0 Å². The maximum absolute atomic E-state index is 12.2. The summed E-state index contributed by atoms with van der Waals surface area (Å²) in [4.78, 5) is 17.5. The monoisotopic (exact) mass is 305 g/mol. The van der Waals surface area contributed by atoms with Crippen LogP contribution in [0.5, 0.6) is 0 Å². The van der Waals surface area contributed by atoms with Crippen LogP contribution in [0.2, 0.25) is 5.02 Å². The molecule has 20 heavy (non-hydrogen) atoms. The Morgan fingerprint density at radius 2 is 2.35 bits per heavy atom. The van der Waals surface area contributed by atoms with Crippen molar-refractivity contribution in [2.24, 2.45) is 0 Å². The molecule has 0 radical (unpaired) electrons. The molecular formula is C12H14ClF2N3O2. The van der Waals surface area contributed by atoms with E-state index in [1.807, 2.05) is 0 Å². The van der Waals surface area contributed by atoms with Crippen molar-refractivity contribution in [3.63, 3.8) is 0 Å². The van der Waals surface area contributed by atoms with Crippen molar-refractivity contribution in [2.75, 3.05) is 18.8 Å². The summed E-state index contributed by atoms with van der Waals surface area (Å²) in [5.41, 5.74) is 5.75. The molecule has 1 amide bonds. The van der Waals surface area contributed by atoms with E-state index < -0.39 is 12.7 Å². The van der Waals surface area contributed by atoms with Crippen molar-refractivity contribution in [1.29, 1.82) is 0 Å². The summed E-state index contributed by atoms with van der Waals surface area (Å²) in [7, 11) is 0. The Bertz CT molecular complexity index is 502. The van der Waals surface area contributed by atoms with Gasteiger partial charge < -0.3 is 15.4 Å². The van der Waals surface area contributed by atoms with Gasteiger partial charge in [0.25, 0.3) is 5.91 Å². The molecule has 0 spiro atoms. The van der Waals surface area contributed by atoms with Crippen molar-refractivity contribution in [3.05, 3.63) is 22.8 Å². The number of alkyl halides is 2. The molecule has 0 aromatic carbocycles. The number of ether oxygens (including phenoxy) is 1. The molecule has 1 unspecified atom stereocenters. The number of carbonyl (C=O) groups excluding carboxylic acids is 1. The summed E-state index contributed by atoms with van der Waals surface area (Å²) in [6.07, 6.45) is 1.79. The number of rotatable bonds is 3. The van der Waals surface area contributed by atoms with Gasteiger partial charge in [-0.25, -0.2) is 4.98 Å². The predicted molar refractivity (Wildman–Crippen MR) is 69.7 cm³/mol. The second kappa shape index (κ2) is 6.32. The van der Waals surface area contributed by atoms with E-state index >= 15 is 0 Å². The van der Waals surface area contributed by atoms with E-state index in [0.29, 0.717) is 19.4 Å². The first-order chi connectivity index (χ1) is 9.47. The first-order valence-electron chi connectivity index (χ1n) is 6.11. The van der Waals surface area contributed by atoms with E-state index in [0.717, 1.165) is 0 Å². The number of likely N-dealkylation sites (tertiary alicyclic amines) is 1. The fraction of sp³-hybridized carbons (Fsp3) is 0.500. The summed E-state index contributed by atoms with van der Waals surface area (Å²) in [5.74, 6) is -0.178. The Balaban J connectivity index is 2.06. The van der Waals surface area contributed by atoms with Gasteiger partial charge >= 0.3 is 6.61 Å². The van der Waals surface area contributed by atoms with Gasteiger partial charge in [-0.05, 0) is 18.9 Å². The zero-order valence-electron chi connectivity index (χ0n) is 10.6. The number of anilines is 1. The molecule has 8 heteroatoms. The number of pyridine rings is 1. The lowest BCUT2D eigenvalue weighted by Crippen LogP contribution is -2.43. The molecule has 0 bridgehead atoms. The summed E-state index contributed by atoms with van der Waals surface area (Å²) < 4.78 is 28.9. The van der Waals surface area contributed by atoms with Gasteiger partial charge in [-0.1, -0.05) is 11.6 Å². The minimum Gasteiger partial charge on any atom is -0.382 e. The molecule has 1 aromatic rings. The van der Waals surface area contributed by atoms with Crippen LogP contribution in [0.25, 0.3) is 0 Å². The highest BCUT2D eigenvalue weighted by atomic mass is 35.5. The van der Waals surface area contributed by atoms with Gasteiger partial charge in [0, 0.05) is 19.3 Å². The third-order valence-electron chi connectivity index (χ3n) is 3.08. The SMILES string of the molecule is Nc1ncc(C(=O)N2CCCC(OC(F)F)C2)cc1Cl. The van der Waals surface area contributed by atoms with Crippen LogP contribution < -0.4 is 5.73 Å². The Morgan fingerprint density at radius 3 is 3.00 bits per heavy atom. The summed E-state index contributed by atoms with van der Waals surface area (Å²) in [5, 5.41) is 0.188. The van der Waals surface area contributed by atoms with E-state index in [9.17, 15) is 13.6 Å². The highest BCUT2D eigenvalue weighted by Crippen LogP contribution is 2.21. The van der Waals surface area contributed by atoms with Crippen molar-refractivity contribution >= 4 is 23.3 Å². The van der Waals surface area contributed by atoms with E-state index in [4.69, 9.17) is 17.3 Å². The highest BCUT2D eigenvalue weighted by Gasteiger charge is 2.27. The summed E-state index contributed by atoms with van der Waals surface area (Å²) >= 11 is 5.81. The number of piperidine rings is 1. The Morgan fingerprint density at radius 1 is 1.60 bits per heavy atom. The lowest BCUT2D eigenvalue weighted by molar-refractivity contribution is -0.171. The number of carbonyl (C=O) groups is 1. The third kappa shape index (κ3) is 3.55. The first kappa shape index (κ1) is 14.9. The van der Waals surface area contributed by atoms with Crippen LogP contribution in [-0.4, -0.2) is 41.6 Å². The van der Waals surface area contributed by atoms with Crippen LogP contribution in [0.4, 0.5) is 14.6 Å². The largest absolute Gasteiger partial charge is 0.382 e. The fourth-order valence-corrected chi connectivity index (χ4v) is 2.29. The third-order valence-corrected chi connectivity index (χ3v) is 3.38. The molecule has 2 rings (SSSR count). The molecule has 110 valence electrons. The molecule has 2 heterocycles. The van der Waals surface area contributed by atoms with Crippen LogP contribution in [0.15, 0.2) is 12.3 Å². The van der Waals surface area contributed by atoms with Gasteiger partial charge in [0.15, 0.2) is 0 Å². The van der Waals surface area contributed by atoms with Crippen LogP contribution in [0, 0.1) is 0 Å². The summed E-state index contributed by atoms with van der Waals surface area (Å²) in [6, 6.07) is 1.42. The van der Waals surface area contributed by atoms with E-state index in [-0.39, 0.29) is 28.9 Å². The van der Waals surface area contributed by atoms with Crippen molar-refractivity contribution < 1.29 is 18.3 Å². The van der Waals surface area contributed by atoms with Crippen molar-refractivity contribution in [2.45, 2.75) is 25.6 Å². The minimum absolute atomic E-state index is 0.130.